The lowest BCUT2D eigenvalue weighted by atomic mass is 9.33. The molecular weight excluding hydrogens is 1050 g/mol. The molecule has 0 aromatic carbocycles. The van der Waals surface area contributed by atoms with E-state index in [9.17, 15) is 70.6 Å². The number of ether oxygens (including phenoxy) is 8. The Bertz CT molecular complexity index is 2310. The first-order valence-corrected chi connectivity index (χ1v) is 28.7. The summed E-state index contributed by atoms with van der Waals surface area (Å²) in [5.74, 6) is -2.96. The van der Waals surface area contributed by atoms with Gasteiger partial charge in [-0.15, -0.1) is 0 Å². The second kappa shape index (κ2) is 23.8. The molecule has 22 heteroatoms. The van der Waals surface area contributed by atoms with E-state index < -0.39 is 180 Å². The van der Waals surface area contributed by atoms with Crippen molar-refractivity contribution in [2.45, 2.75) is 224 Å². The van der Waals surface area contributed by atoms with Gasteiger partial charge in [0.15, 0.2) is 25.0 Å². The van der Waals surface area contributed by atoms with Crippen LogP contribution < -0.4 is 0 Å². The van der Waals surface area contributed by atoms with Crippen LogP contribution in [0.3, 0.4) is 0 Å². The second-order valence-corrected chi connectivity index (χ2v) is 26.1. The van der Waals surface area contributed by atoms with Gasteiger partial charge in [-0.3, -0.25) is 9.59 Å². The third-order valence-corrected chi connectivity index (χ3v) is 21.3. The SMILES string of the molecule is CCC(C)/C=C/C=C/C(=O)O[C@H]1[C@H](OC(C)=O)[C@]2(C(=O)O)CC[C@]3(C)C(=CC[C@@H]4[C@@]5(C)CC[C@H](OC6O[C@H](CO)[C@@H](OC7OC[C@@H](O)[C@@H](O)[C@@H]7O)[C@H](O)[C@H]6OC6O[C@H](CO)[C@@H](O)[C@H](O)[C@H]6O)[C@](C)(CO)[C@@H]5CC[C@]43C)[C@@H]2CC1(C)C. The van der Waals surface area contributed by atoms with E-state index in [1.807, 2.05) is 26.8 Å². The number of esters is 2. The lowest BCUT2D eigenvalue weighted by Gasteiger charge is -2.71. The molecule has 0 spiro atoms. The zero-order valence-corrected chi connectivity index (χ0v) is 47.6. The molecule has 8 rings (SSSR count). The molecule has 7 fully saturated rings. The summed E-state index contributed by atoms with van der Waals surface area (Å²) in [6, 6.07) is 0. The van der Waals surface area contributed by atoms with Crippen LogP contribution in [0, 0.1) is 56.2 Å². The molecule has 5 aliphatic carbocycles. The van der Waals surface area contributed by atoms with Crippen LogP contribution in [0.15, 0.2) is 36.0 Å². The van der Waals surface area contributed by atoms with Crippen LogP contribution in [0.4, 0.5) is 0 Å². The van der Waals surface area contributed by atoms with Gasteiger partial charge in [0.25, 0.3) is 0 Å². The number of fused-ring (bicyclic) bond motifs is 7. The molecule has 22 nitrogen and oxygen atoms in total. The zero-order chi connectivity index (χ0) is 58.8. The maximum Gasteiger partial charge on any atom is 0.331 e. The van der Waals surface area contributed by atoms with E-state index in [1.54, 1.807) is 12.2 Å². The fourth-order valence-corrected chi connectivity index (χ4v) is 16.2. The quantitative estimate of drug-likeness (QED) is 0.0343. The molecule has 0 amide bonds. The molecule has 3 saturated heterocycles. The van der Waals surface area contributed by atoms with Crippen molar-refractivity contribution in [1.82, 2.24) is 0 Å². The molecule has 11 N–H and O–H groups in total. The normalized spacial score (nSPS) is 48.7. The maximum atomic E-state index is 14.1. The number of carboxylic acids is 1. The van der Waals surface area contributed by atoms with Crippen molar-refractivity contribution in [2.24, 2.45) is 56.2 Å². The predicted octanol–water partition coefficient (Wildman–Crippen LogP) is 1.54. The van der Waals surface area contributed by atoms with E-state index in [-0.39, 0.29) is 24.9 Å². The van der Waals surface area contributed by atoms with E-state index in [0.717, 1.165) is 12.0 Å². The molecule has 454 valence electrons. The monoisotopic (exact) mass is 1140 g/mol. The Morgan fingerprint density at radius 2 is 1.39 bits per heavy atom. The van der Waals surface area contributed by atoms with Crippen LogP contribution >= 0.6 is 0 Å². The van der Waals surface area contributed by atoms with Crippen LogP contribution in [0.1, 0.15) is 120 Å². The van der Waals surface area contributed by atoms with Gasteiger partial charge in [-0.25, -0.2) is 4.79 Å². The number of hydrogen-bond acceptors (Lipinski definition) is 21. The van der Waals surface area contributed by atoms with E-state index in [1.165, 1.54) is 13.0 Å². The Hall–Kier alpha value is -3.01. The number of carboxylic acid groups (broad SMARTS) is 1. The lowest BCUT2D eigenvalue weighted by molar-refractivity contribution is -0.393. The molecule has 3 heterocycles. The van der Waals surface area contributed by atoms with Crippen molar-refractivity contribution in [3.05, 3.63) is 36.0 Å². The van der Waals surface area contributed by atoms with E-state index in [4.69, 9.17) is 37.9 Å². The minimum absolute atomic E-state index is 0.00561. The molecular formula is C58H90O22. The number of rotatable bonds is 16. The average molecular weight is 1140 g/mol. The Balaban J connectivity index is 1.08. The van der Waals surface area contributed by atoms with Crippen LogP contribution in [0.25, 0.3) is 0 Å². The fraction of sp³-hybridized carbons (Fsp3) is 0.845. The molecule has 80 heavy (non-hydrogen) atoms. The molecule has 4 unspecified atom stereocenters. The van der Waals surface area contributed by atoms with Gasteiger partial charge < -0.3 is 94.1 Å². The van der Waals surface area contributed by atoms with Crippen LogP contribution in [0.5, 0.6) is 0 Å². The number of aliphatic hydroxyl groups excluding tert-OH is 10. The minimum Gasteiger partial charge on any atom is -0.481 e. The standard InChI is InChI=1S/C58H90O22/c1-10-28(2)13-11-12-14-38(64)78-47-48(74-29(3)62)58(52(71)72)22-21-56(8)30(31(58)23-53(47,4)5)15-16-36-54(6)19-18-37(55(7,27-61)35(54)17-20-57(36,56)9)77-51-46(80-50-43(69)41(67)40(66)33(24-59)75-50)44(70)45(34(25-60)76-51)79-49-42(68)39(65)32(63)26-73-49/h11-15,28,31-37,39-51,59-61,63,65-70H,10,16-27H2,1-9H3,(H,71,72)/b13-11+,14-12+/t28?,31-,32+,33+,34+,35+,36+,37-,39+,40+,41-,42-,43+,44-,45+,46+,47-,48-,49?,50?,51?,54-,55+,56+,57+,58-/m0/s1. The Morgan fingerprint density at radius 1 is 0.725 bits per heavy atom. The van der Waals surface area contributed by atoms with E-state index in [0.29, 0.717) is 50.9 Å². The van der Waals surface area contributed by atoms with Crippen LogP contribution in [-0.4, -0.2) is 205 Å². The molecule has 0 radical (unpaired) electrons. The highest BCUT2D eigenvalue weighted by Gasteiger charge is 2.74. The van der Waals surface area contributed by atoms with Gasteiger partial charge in [0.1, 0.15) is 78.7 Å². The van der Waals surface area contributed by atoms with Gasteiger partial charge >= 0.3 is 17.9 Å². The third kappa shape index (κ3) is 10.7. The van der Waals surface area contributed by atoms with Gasteiger partial charge in [0.05, 0.1) is 32.5 Å². The number of allylic oxidation sites excluding steroid dienone is 5. The van der Waals surface area contributed by atoms with E-state index in [2.05, 4.69) is 40.7 Å². The molecule has 4 saturated carbocycles. The molecule has 3 aliphatic heterocycles. The molecule has 0 aromatic rings. The Kier molecular flexibility index (Phi) is 18.8. The largest absolute Gasteiger partial charge is 0.481 e. The van der Waals surface area contributed by atoms with Gasteiger partial charge in [-0.2, -0.15) is 0 Å². The third-order valence-electron chi connectivity index (χ3n) is 21.3. The van der Waals surface area contributed by atoms with Gasteiger partial charge in [0, 0.05) is 29.7 Å². The summed E-state index contributed by atoms with van der Waals surface area (Å²) in [5, 5.41) is 120. The number of aliphatic hydroxyl groups is 10. The summed E-state index contributed by atoms with van der Waals surface area (Å²) in [5.41, 5.74) is -3.89. The van der Waals surface area contributed by atoms with Crippen LogP contribution in [0.2, 0.25) is 0 Å². The van der Waals surface area contributed by atoms with Gasteiger partial charge in [-0.1, -0.05) is 91.7 Å². The first kappa shape index (κ1) is 63.0. The van der Waals surface area contributed by atoms with Crippen molar-refractivity contribution in [3.8, 4) is 0 Å². The van der Waals surface area contributed by atoms with Gasteiger partial charge in [-0.05, 0) is 85.4 Å². The number of carbonyl (C=O) groups excluding carboxylic acids is 2. The summed E-state index contributed by atoms with van der Waals surface area (Å²) in [6.07, 6.45) is -13.4. The molecule has 26 atom stereocenters. The average Bonchev–Trinajstić information content (AvgIpc) is 3.41. The first-order chi connectivity index (χ1) is 37.5. The van der Waals surface area contributed by atoms with Crippen molar-refractivity contribution >= 4 is 17.9 Å². The Labute approximate surface area is 468 Å². The lowest BCUT2D eigenvalue weighted by Crippen LogP contribution is -2.70. The predicted molar refractivity (Wildman–Crippen MR) is 280 cm³/mol. The van der Waals surface area contributed by atoms with Gasteiger partial charge in [0.2, 0.25) is 0 Å². The van der Waals surface area contributed by atoms with Crippen molar-refractivity contribution in [1.29, 1.82) is 0 Å². The van der Waals surface area contributed by atoms with E-state index >= 15 is 0 Å². The zero-order valence-electron chi connectivity index (χ0n) is 47.6. The highest BCUT2D eigenvalue weighted by atomic mass is 16.8. The summed E-state index contributed by atoms with van der Waals surface area (Å²) >= 11 is 0. The van der Waals surface area contributed by atoms with Crippen molar-refractivity contribution < 1.29 is 108 Å². The highest BCUT2D eigenvalue weighted by molar-refractivity contribution is 5.83. The van der Waals surface area contributed by atoms with Crippen molar-refractivity contribution in [2.75, 3.05) is 26.4 Å². The molecule has 0 aromatic heterocycles. The summed E-state index contributed by atoms with van der Waals surface area (Å²) in [7, 11) is 0. The number of carbonyl (C=O) groups is 3. The number of aliphatic carboxylic acids is 1. The van der Waals surface area contributed by atoms with Crippen molar-refractivity contribution in [3.63, 3.8) is 0 Å². The minimum atomic E-state index is -1.93. The smallest absolute Gasteiger partial charge is 0.331 e. The maximum absolute atomic E-state index is 14.1. The number of hydrogen-bond donors (Lipinski definition) is 11. The highest BCUT2D eigenvalue weighted by Crippen LogP contribution is 2.76. The Morgan fingerprint density at radius 3 is 2.02 bits per heavy atom. The summed E-state index contributed by atoms with van der Waals surface area (Å²) < 4.78 is 48.8. The topological polar surface area (TPSA) is 348 Å². The second-order valence-electron chi connectivity index (χ2n) is 26.1. The fourth-order valence-electron chi connectivity index (χ4n) is 16.2. The summed E-state index contributed by atoms with van der Waals surface area (Å²) in [6.45, 7) is 15.5. The molecule has 0 bridgehead atoms. The first-order valence-electron chi connectivity index (χ1n) is 28.7. The molecule has 8 aliphatic rings. The van der Waals surface area contributed by atoms with Crippen LogP contribution in [-0.2, 0) is 52.3 Å². The summed E-state index contributed by atoms with van der Waals surface area (Å²) in [4.78, 5) is 40.7.